The van der Waals surface area contributed by atoms with Crippen LogP contribution in [0.1, 0.15) is 64.7 Å². The van der Waals surface area contributed by atoms with E-state index in [0.717, 1.165) is 45.3 Å². The molecule has 5 rings (SSSR count). The van der Waals surface area contributed by atoms with Crippen LogP contribution in [0.2, 0.25) is 0 Å². The number of hydrogen-bond donors (Lipinski definition) is 1. The molecule has 1 heterocycles. The summed E-state index contributed by atoms with van der Waals surface area (Å²) in [6, 6.07) is 0. The molecule has 1 saturated heterocycles. The molecular formula is C24H35FO3. The number of halogens is 1. The largest absolute Gasteiger partial charge is 0.377 e. The van der Waals surface area contributed by atoms with E-state index in [1.807, 2.05) is 0 Å². The van der Waals surface area contributed by atoms with Gasteiger partial charge in [0.15, 0.2) is 5.79 Å². The molecule has 0 aromatic carbocycles. The predicted molar refractivity (Wildman–Crippen MR) is 105 cm³/mol. The normalized spacial score (nSPS) is 51.9. The molecule has 0 bridgehead atoms. The van der Waals surface area contributed by atoms with Crippen molar-refractivity contribution < 1.29 is 19.0 Å². The molecule has 8 atom stereocenters. The maximum Gasteiger partial charge on any atom is 0.168 e. The van der Waals surface area contributed by atoms with E-state index in [1.54, 1.807) is 0 Å². The average molecular weight is 391 g/mol. The molecule has 5 unspecified atom stereocenters. The van der Waals surface area contributed by atoms with E-state index < -0.39 is 5.60 Å². The predicted octanol–water partition coefficient (Wildman–Crippen LogP) is 4.33. The van der Waals surface area contributed by atoms with Gasteiger partial charge in [-0.3, -0.25) is 4.39 Å². The van der Waals surface area contributed by atoms with Crippen molar-refractivity contribution in [1.29, 1.82) is 0 Å². The molecule has 1 N–H and O–H groups in total. The summed E-state index contributed by atoms with van der Waals surface area (Å²) in [6.45, 7) is 3.38. The molecule has 1 aliphatic heterocycles. The summed E-state index contributed by atoms with van der Waals surface area (Å²) in [5, 5.41) is 11.2. The number of rotatable bonds is 2. The minimum Gasteiger partial charge on any atom is -0.377 e. The Balaban J connectivity index is 1.44. The van der Waals surface area contributed by atoms with Crippen LogP contribution in [0, 0.1) is 53.3 Å². The van der Waals surface area contributed by atoms with Gasteiger partial charge in [0.25, 0.3) is 0 Å². The third kappa shape index (κ3) is 2.58. The molecule has 0 aromatic heterocycles. The Labute approximate surface area is 168 Å². The lowest BCUT2D eigenvalue weighted by atomic mass is 9.45. The van der Waals surface area contributed by atoms with Crippen molar-refractivity contribution >= 4 is 0 Å². The van der Waals surface area contributed by atoms with Gasteiger partial charge in [0.1, 0.15) is 5.60 Å². The van der Waals surface area contributed by atoms with Crippen molar-refractivity contribution in [3.63, 3.8) is 0 Å². The minimum atomic E-state index is -1.02. The Hall–Kier alpha value is -0.630. The van der Waals surface area contributed by atoms with Gasteiger partial charge in [0.05, 0.1) is 19.9 Å². The molecule has 4 aliphatic carbocycles. The second kappa shape index (κ2) is 6.69. The minimum absolute atomic E-state index is 0.261. The van der Waals surface area contributed by atoms with Crippen molar-refractivity contribution in [3.8, 4) is 12.3 Å². The highest BCUT2D eigenvalue weighted by atomic mass is 19.1. The van der Waals surface area contributed by atoms with Gasteiger partial charge in [0, 0.05) is 18.3 Å². The Bertz CT molecular complexity index is 653. The highest BCUT2D eigenvalue weighted by molar-refractivity contribution is 5.24. The molecule has 5 fully saturated rings. The summed E-state index contributed by atoms with van der Waals surface area (Å²) in [4.78, 5) is 0. The van der Waals surface area contributed by atoms with Crippen LogP contribution < -0.4 is 0 Å². The molecular weight excluding hydrogens is 355 g/mol. The van der Waals surface area contributed by atoms with Crippen LogP contribution in [-0.4, -0.2) is 36.4 Å². The van der Waals surface area contributed by atoms with E-state index in [9.17, 15) is 9.50 Å². The lowest BCUT2D eigenvalue weighted by Crippen LogP contribution is -2.57. The highest BCUT2D eigenvalue weighted by Crippen LogP contribution is 2.67. The number of hydrogen-bond acceptors (Lipinski definition) is 3. The van der Waals surface area contributed by atoms with Crippen LogP contribution in [0.15, 0.2) is 0 Å². The monoisotopic (exact) mass is 390 g/mol. The lowest BCUT2D eigenvalue weighted by molar-refractivity contribution is -0.216. The number of fused-ring (bicyclic) bond motifs is 5. The fraction of sp³-hybridized carbons (Fsp3) is 0.917. The summed E-state index contributed by atoms with van der Waals surface area (Å²) in [6.07, 6.45) is 14.6. The maximum absolute atomic E-state index is 13.6. The van der Waals surface area contributed by atoms with Crippen LogP contribution in [0.5, 0.6) is 0 Å². The summed E-state index contributed by atoms with van der Waals surface area (Å²) in [5.74, 6) is 5.68. The maximum atomic E-state index is 13.6. The van der Waals surface area contributed by atoms with E-state index >= 15 is 0 Å². The lowest BCUT2D eigenvalue weighted by Gasteiger charge is -2.60. The fourth-order valence-electron chi connectivity index (χ4n) is 8.58. The Morgan fingerprint density at radius 2 is 1.86 bits per heavy atom. The standard InChI is InChI=1S/C24H35FO3/c1-3-23(26)9-7-20-19-5-4-16-15-24(27-12-13-28-24)10-6-18(16)21(19)17(8-11-25)14-22(20,23)2/h1,16-21,26H,4-15H2,2H3/t16-,17?,18?,19?,20?,21?,22-,23-/m0/s1. The first-order valence-corrected chi connectivity index (χ1v) is 11.5. The quantitative estimate of drug-likeness (QED) is 0.713. The van der Waals surface area contributed by atoms with Gasteiger partial charge >= 0.3 is 0 Å². The van der Waals surface area contributed by atoms with Gasteiger partial charge in [-0.05, 0) is 80.5 Å². The zero-order chi connectivity index (χ0) is 19.6. The molecule has 156 valence electrons. The van der Waals surface area contributed by atoms with E-state index in [1.165, 1.54) is 12.8 Å². The molecule has 0 aromatic rings. The number of terminal acetylenes is 1. The third-order valence-corrected chi connectivity index (χ3v) is 9.76. The van der Waals surface area contributed by atoms with Crippen molar-refractivity contribution in [2.45, 2.75) is 76.1 Å². The molecule has 0 radical (unpaired) electrons. The van der Waals surface area contributed by atoms with Gasteiger partial charge < -0.3 is 14.6 Å². The zero-order valence-corrected chi connectivity index (χ0v) is 17.2. The zero-order valence-electron chi connectivity index (χ0n) is 17.2. The molecule has 28 heavy (non-hydrogen) atoms. The number of alkyl halides is 1. The van der Waals surface area contributed by atoms with Crippen molar-refractivity contribution in [2.75, 3.05) is 19.9 Å². The highest BCUT2D eigenvalue weighted by Gasteiger charge is 2.65. The van der Waals surface area contributed by atoms with E-state index in [0.29, 0.717) is 48.3 Å². The summed E-state index contributed by atoms with van der Waals surface area (Å²) >= 11 is 0. The second-order valence-electron chi connectivity index (χ2n) is 10.6. The summed E-state index contributed by atoms with van der Waals surface area (Å²) in [5.41, 5.74) is -1.28. The van der Waals surface area contributed by atoms with E-state index in [4.69, 9.17) is 15.9 Å². The molecule has 0 amide bonds. The van der Waals surface area contributed by atoms with E-state index in [-0.39, 0.29) is 17.9 Å². The van der Waals surface area contributed by atoms with Crippen molar-refractivity contribution in [1.82, 2.24) is 0 Å². The van der Waals surface area contributed by atoms with Gasteiger partial charge in [-0.15, -0.1) is 6.42 Å². The molecule has 3 nitrogen and oxygen atoms in total. The summed E-state index contributed by atoms with van der Waals surface area (Å²) < 4.78 is 25.7. The summed E-state index contributed by atoms with van der Waals surface area (Å²) in [7, 11) is 0. The van der Waals surface area contributed by atoms with Crippen LogP contribution in [0.25, 0.3) is 0 Å². The van der Waals surface area contributed by atoms with Crippen LogP contribution >= 0.6 is 0 Å². The first-order valence-electron chi connectivity index (χ1n) is 11.5. The van der Waals surface area contributed by atoms with E-state index in [2.05, 4.69) is 12.8 Å². The van der Waals surface area contributed by atoms with Crippen LogP contribution in [0.3, 0.4) is 0 Å². The van der Waals surface area contributed by atoms with Gasteiger partial charge in [-0.25, -0.2) is 0 Å². The van der Waals surface area contributed by atoms with Crippen LogP contribution in [-0.2, 0) is 9.47 Å². The van der Waals surface area contributed by atoms with Crippen molar-refractivity contribution in [2.24, 2.45) is 40.9 Å². The van der Waals surface area contributed by atoms with Crippen LogP contribution in [0.4, 0.5) is 4.39 Å². The molecule has 1 spiro atoms. The second-order valence-corrected chi connectivity index (χ2v) is 10.6. The van der Waals surface area contributed by atoms with Gasteiger partial charge in [0.2, 0.25) is 0 Å². The third-order valence-electron chi connectivity index (χ3n) is 9.76. The molecule has 4 saturated carbocycles. The van der Waals surface area contributed by atoms with Gasteiger partial charge in [-0.2, -0.15) is 0 Å². The molecule has 5 aliphatic rings. The molecule has 4 heteroatoms. The Kier molecular flexibility index (Phi) is 4.62. The Morgan fingerprint density at radius 3 is 2.57 bits per heavy atom. The SMILES string of the molecule is C#C[C@]1(O)CCC2C3CC[C@H]4CC5(CCC4C3C(CCF)C[C@@]21C)OCCO5. The Morgan fingerprint density at radius 1 is 1.07 bits per heavy atom. The first kappa shape index (κ1) is 19.3. The smallest absolute Gasteiger partial charge is 0.168 e. The number of ether oxygens (including phenoxy) is 2. The topological polar surface area (TPSA) is 38.7 Å². The average Bonchev–Trinajstić information content (AvgIpc) is 3.24. The van der Waals surface area contributed by atoms with Crippen molar-refractivity contribution in [3.05, 3.63) is 0 Å². The fourth-order valence-corrected chi connectivity index (χ4v) is 8.58. The first-order chi connectivity index (χ1) is 13.5. The number of aliphatic hydroxyl groups is 1. The van der Waals surface area contributed by atoms with Gasteiger partial charge in [-0.1, -0.05) is 12.8 Å².